The van der Waals surface area contributed by atoms with Gasteiger partial charge < -0.3 is 10.2 Å². The van der Waals surface area contributed by atoms with Gasteiger partial charge in [0, 0.05) is 27.7 Å². The highest BCUT2D eigenvalue weighted by Gasteiger charge is 2.13. The molecule has 130 valence electrons. The van der Waals surface area contributed by atoms with Crippen molar-refractivity contribution in [2.75, 3.05) is 0 Å². The van der Waals surface area contributed by atoms with Gasteiger partial charge in [-0.05, 0) is 17.2 Å². The monoisotopic (exact) mass is 351 g/mol. The van der Waals surface area contributed by atoms with Crippen molar-refractivity contribution in [3.05, 3.63) is 87.3 Å². The summed E-state index contributed by atoms with van der Waals surface area (Å²) in [5.74, 6) is -3.82. The van der Waals surface area contributed by atoms with Crippen LogP contribution in [0.15, 0.2) is 59.7 Å². The van der Waals surface area contributed by atoms with Crippen molar-refractivity contribution >= 4 is 23.3 Å². The lowest BCUT2D eigenvalue weighted by Crippen LogP contribution is -2.09. The number of benzene rings is 2. The van der Waals surface area contributed by atoms with Gasteiger partial charge in [-0.25, -0.2) is 4.79 Å². The zero-order valence-corrected chi connectivity index (χ0v) is 13.4. The van der Waals surface area contributed by atoms with E-state index in [0.29, 0.717) is 11.6 Å². The van der Waals surface area contributed by atoms with E-state index >= 15 is 0 Å². The van der Waals surface area contributed by atoms with Gasteiger partial charge in [0.05, 0.1) is 6.54 Å². The number of aliphatic hydroxyl groups excluding tert-OH is 1. The third kappa shape index (κ3) is 4.56. The summed E-state index contributed by atoms with van der Waals surface area (Å²) < 4.78 is 0. The molecule has 0 radical (unpaired) electrons. The van der Waals surface area contributed by atoms with Crippen molar-refractivity contribution in [3.63, 3.8) is 0 Å². The van der Waals surface area contributed by atoms with Crippen LogP contribution in [0, 0.1) is 0 Å². The first-order valence-electron chi connectivity index (χ1n) is 7.35. The number of aliphatic hydroxyl groups is 1. The number of rotatable bonds is 7. The quantitative estimate of drug-likeness (QED) is 0.150. The topological polar surface area (TPSA) is 140 Å². The molecule has 26 heavy (non-hydrogen) atoms. The molecule has 2 N–H and O–H groups in total. The van der Waals surface area contributed by atoms with Crippen molar-refractivity contribution in [2.45, 2.75) is 6.54 Å². The average molecular weight is 351 g/mol. The van der Waals surface area contributed by atoms with Gasteiger partial charge in [-0.2, -0.15) is 0 Å². The molecule has 0 aromatic heterocycles. The van der Waals surface area contributed by atoms with E-state index in [2.05, 4.69) is 10.0 Å². The van der Waals surface area contributed by atoms with Crippen LogP contribution in [0.25, 0.3) is 16.2 Å². The number of hydrogen-bond donors (Lipinski definition) is 2. The van der Waals surface area contributed by atoms with Crippen molar-refractivity contribution in [1.29, 1.82) is 0 Å². The Bertz CT molecular complexity index is 942. The predicted molar refractivity (Wildman–Crippen MR) is 92.4 cm³/mol. The van der Waals surface area contributed by atoms with Gasteiger partial charge in [0.25, 0.3) is 5.78 Å². The molecule has 0 aliphatic rings. The van der Waals surface area contributed by atoms with E-state index in [-0.39, 0.29) is 23.5 Å². The number of aliphatic carboxylic acids is 1. The normalized spacial score (nSPS) is 10.7. The maximum atomic E-state index is 12.5. The summed E-state index contributed by atoms with van der Waals surface area (Å²) in [4.78, 5) is 36.9. The fourth-order valence-corrected chi connectivity index (χ4v) is 2.13. The summed E-state index contributed by atoms with van der Waals surface area (Å²) in [6.45, 7) is 0.177. The molecule has 0 bridgehead atoms. The number of carbonyl (C=O) groups is 3. The maximum Gasteiger partial charge on any atom is 0.376 e. The lowest BCUT2D eigenvalue weighted by molar-refractivity contribution is -0.146. The average Bonchev–Trinajstić information content (AvgIpc) is 2.66. The molecule has 8 nitrogen and oxygen atoms in total. The molecule has 0 saturated heterocycles. The summed E-state index contributed by atoms with van der Waals surface area (Å²) in [6, 6.07) is 12.3. The first-order chi connectivity index (χ1) is 12.4. The van der Waals surface area contributed by atoms with Crippen molar-refractivity contribution < 1.29 is 24.6 Å². The standard InChI is InChI=1S/C18H13N3O5/c19-21-20-10-11-4-6-12(7-5-11)17(24)14-3-1-2-13(8-14)15(22)9-16(23)18(25)26/h1-9,22H,10H2,(H,25,26)/b15-9-. The van der Waals surface area contributed by atoms with Crippen LogP contribution >= 0.6 is 0 Å². The number of carboxylic acid groups (broad SMARTS) is 1. The number of nitrogens with zero attached hydrogens (tertiary/aromatic N) is 3. The minimum Gasteiger partial charge on any atom is -0.507 e. The molecular weight excluding hydrogens is 338 g/mol. The van der Waals surface area contributed by atoms with E-state index in [9.17, 15) is 19.5 Å². The molecule has 8 heteroatoms. The van der Waals surface area contributed by atoms with Crippen LogP contribution in [0.4, 0.5) is 0 Å². The van der Waals surface area contributed by atoms with E-state index < -0.39 is 17.5 Å². The van der Waals surface area contributed by atoms with Crippen LogP contribution < -0.4 is 0 Å². The number of hydrogen-bond acceptors (Lipinski definition) is 5. The highest BCUT2D eigenvalue weighted by atomic mass is 16.4. The first-order valence-corrected chi connectivity index (χ1v) is 7.35. The molecule has 0 saturated carbocycles. The van der Waals surface area contributed by atoms with Gasteiger partial charge in [-0.1, -0.05) is 47.6 Å². The lowest BCUT2D eigenvalue weighted by atomic mass is 9.99. The molecule has 2 aromatic rings. The Morgan fingerprint density at radius 2 is 1.65 bits per heavy atom. The number of ketones is 2. The van der Waals surface area contributed by atoms with Crippen LogP contribution in [0.1, 0.15) is 27.0 Å². The Morgan fingerprint density at radius 1 is 1.00 bits per heavy atom. The van der Waals surface area contributed by atoms with Crippen LogP contribution in [0.3, 0.4) is 0 Å². The zero-order valence-electron chi connectivity index (χ0n) is 13.4. The van der Waals surface area contributed by atoms with Crippen molar-refractivity contribution in [1.82, 2.24) is 0 Å². The highest BCUT2D eigenvalue weighted by Crippen LogP contribution is 2.17. The maximum absolute atomic E-state index is 12.5. The van der Waals surface area contributed by atoms with Crippen LogP contribution in [-0.2, 0) is 16.1 Å². The van der Waals surface area contributed by atoms with Crippen LogP contribution in [-0.4, -0.2) is 27.7 Å². The zero-order chi connectivity index (χ0) is 19.1. The number of carbonyl (C=O) groups excluding carboxylic acids is 2. The highest BCUT2D eigenvalue weighted by molar-refractivity contribution is 6.38. The second kappa shape index (κ2) is 8.27. The summed E-state index contributed by atoms with van der Waals surface area (Å²) >= 11 is 0. The first kappa shape index (κ1) is 18.4. The van der Waals surface area contributed by atoms with E-state index in [0.717, 1.165) is 5.56 Å². The summed E-state index contributed by atoms with van der Waals surface area (Å²) in [7, 11) is 0. The van der Waals surface area contributed by atoms with Crippen LogP contribution in [0.5, 0.6) is 0 Å². The van der Waals surface area contributed by atoms with Gasteiger partial charge in [0.1, 0.15) is 5.76 Å². The fourth-order valence-electron chi connectivity index (χ4n) is 2.13. The molecular formula is C18H13N3O5. The van der Waals surface area contributed by atoms with Crippen molar-refractivity contribution in [3.8, 4) is 0 Å². The Kier molecular flexibility index (Phi) is 5.87. The SMILES string of the molecule is [N-]=[N+]=NCc1ccc(C(=O)c2cccc(/C(O)=C/C(=O)C(=O)O)c2)cc1. The second-order valence-corrected chi connectivity index (χ2v) is 5.19. The van der Waals surface area contributed by atoms with Crippen LogP contribution in [0.2, 0.25) is 0 Å². The van der Waals surface area contributed by atoms with Gasteiger partial charge in [-0.3, -0.25) is 9.59 Å². The van der Waals surface area contributed by atoms with Crippen molar-refractivity contribution in [2.24, 2.45) is 5.11 Å². The summed E-state index contributed by atoms with van der Waals surface area (Å²) in [6.07, 6.45) is 0.580. The molecule has 0 heterocycles. The predicted octanol–water partition coefficient (Wildman–Crippen LogP) is 3.28. The molecule has 0 amide bonds. The Labute approximate surface area is 147 Å². The Balaban J connectivity index is 2.26. The Hall–Kier alpha value is -3.90. The lowest BCUT2D eigenvalue weighted by Gasteiger charge is -2.05. The smallest absolute Gasteiger partial charge is 0.376 e. The van der Waals surface area contributed by atoms with E-state index in [1.165, 1.54) is 24.3 Å². The van der Waals surface area contributed by atoms with Gasteiger partial charge in [0.2, 0.25) is 0 Å². The second-order valence-electron chi connectivity index (χ2n) is 5.19. The Morgan fingerprint density at radius 3 is 2.27 bits per heavy atom. The fraction of sp³-hybridized carbons (Fsp3) is 0.0556. The van der Waals surface area contributed by atoms with E-state index in [1.54, 1.807) is 24.3 Å². The molecule has 0 unspecified atom stereocenters. The van der Waals surface area contributed by atoms with Gasteiger partial charge >= 0.3 is 5.97 Å². The van der Waals surface area contributed by atoms with Gasteiger partial charge in [0.15, 0.2) is 5.78 Å². The number of carboxylic acids is 1. The van der Waals surface area contributed by atoms with E-state index in [1.807, 2.05) is 0 Å². The molecule has 0 spiro atoms. The summed E-state index contributed by atoms with van der Waals surface area (Å²) in [5.41, 5.74) is 9.84. The minimum absolute atomic E-state index is 0.144. The summed E-state index contributed by atoms with van der Waals surface area (Å²) in [5, 5.41) is 21.9. The minimum atomic E-state index is -1.69. The molecule has 0 atom stereocenters. The molecule has 2 rings (SSSR count). The molecule has 0 aliphatic heterocycles. The van der Waals surface area contributed by atoms with E-state index in [4.69, 9.17) is 10.6 Å². The number of azide groups is 1. The molecule has 0 aliphatic carbocycles. The molecule has 2 aromatic carbocycles. The van der Waals surface area contributed by atoms with Gasteiger partial charge in [-0.15, -0.1) is 0 Å². The third-order valence-electron chi connectivity index (χ3n) is 3.43. The largest absolute Gasteiger partial charge is 0.507 e. The molecule has 0 fully saturated rings. The third-order valence-corrected chi connectivity index (χ3v) is 3.43.